The van der Waals surface area contributed by atoms with Crippen LogP contribution in [0.3, 0.4) is 0 Å². The smallest absolute Gasteiger partial charge is 0.272 e. The van der Waals surface area contributed by atoms with Gasteiger partial charge in [-0.1, -0.05) is 13.8 Å². The molecule has 1 saturated carbocycles. The Hall–Kier alpha value is -1.65. The van der Waals surface area contributed by atoms with Gasteiger partial charge in [-0.3, -0.25) is 4.79 Å². The second kappa shape index (κ2) is 5.55. The largest absolute Gasteiger partial charge is 0.369 e. The molecule has 1 fully saturated rings. The zero-order valence-corrected chi connectivity index (χ0v) is 11.9. The minimum Gasteiger partial charge on any atom is -0.369 e. The van der Waals surface area contributed by atoms with Crippen LogP contribution in [0.5, 0.6) is 0 Å². The van der Waals surface area contributed by atoms with E-state index < -0.39 is 0 Å². The topological polar surface area (TPSA) is 66.9 Å². The summed E-state index contributed by atoms with van der Waals surface area (Å²) in [6, 6.07) is 3.75. The second-order valence-electron chi connectivity index (χ2n) is 5.91. The van der Waals surface area contributed by atoms with Gasteiger partial charge in [-0.15, -0.1) is 10.2 Å². The lowest BCUT2D eigenvalue weighted by Crippen LogP contribution is -2.34. The first-order valence-corrected chi connectivity index (χ1v) is 6.88. The standard InChI is InChI=1S/C14H22N4O/c1-4-15-12-6-5-11(17-18-12)13(19)16-10-7-8-14(2,3)9-10/h5-6,10H,4,7-9H2,1-3H3,(H,15,18)(H,16,19). The van der Waals surface area contributed by atoms with Crippen molar-refractivity contribution in [3.05, 3.63) is 17.8 Å². The van der Waals surface area contributed by atoms with Gasteiger partial charge in [0.15, 0.2) is 5.69 Å². The quantitative estimate of drug-likeness (QED) is 0.873. The zero-order valence-electron chi connectivity index (χ0n) is 11.9. The van der Waals surface area contributed by atoms with Crippen LogP contribution in [0.4, 0.5) is 5.82 Å². The molecule has 0 aliphatic heterocycles. The Kier molecular flexibility index (Phi) is 4.02. The molecule has 1 aromatic rings. The first-order chi connectivity index (χ1) is 9.00. The summed E-state index contributed by atoms with van der Waals surface area (Å²) in [7, 11) is 0. The molecule has 1 aliphatic rings. The number of carbonyl (C=O) groups is 1. The molecule has 0 bridgehead atoms. The van der Waals surface area contributed by atoms with E-state index in [9.17, 15) is 4.79 Å². The first kappa shape index (κ1) is 13.8. The van der Waals surface area contributed by atoms with Crippen molar-refractivity contribution in [3.8, 4) is 0 Å². The maximum absolute atomic E-state index is 12.0. The van der Waals surface area contributed by atoms with Crippen molar-refractivity contribution >= 4 is 11.7 Å². The van der Waals surface area contributed by atoms with Crippen molar-refractivity contribution in [1.82, 2.24) is 15.5 Å². The molecule has 2 rings (SSSR count). The fourth-order valence-electron chi connectivity index (χ4n) is 2.55. The molecular formula is C14H22N4O. The maximum atomic E-state index is 12.0. The molecule has 1 aliphatic carbocycles. The minimum atomic E-state index is -0.127. The zero-order chi connectivity index (χ0) is 13.9. The van der Waals surface area contributed by atoms with Gasteiger partial charge in [0, 0.05) is 12.6 Å². The molecule has 104 valence electrons. The van der Waals surface area contributed by atoms with Crippen molar-refractivity contribution in [1.29, 1.82) is 0 Å². The summed E-state index contributed by atoms with van der Waals surface area (Å²) in [5, 5.41) is 14.0. The van der Waals surface area contributed by atoms with Gasteiger partial charge in [-0.25, -0.2) is 0 Å². The van der Waals surface area contributed by atoms with E-state index in [-0.39, 0.29) is 11.9 Å². The van der Waals surface area contributed by atoms with Crippen molar-refractivity contribution < 1.29 is 4.79 Å². The number of anilines is 1. The Labute approximate surface area is 114 Å². The summed E-state index contributed by atoms with van der Waals surface area (Å²) in [5.41, 5.74) is 0.713. The third-order valence-electron chi connectivity index (χ3n) is 3.56. The Morgan fingerprint density at radius 2 is 2.21 bits per heavy atom. The monoisotopic (exact) mass is 262 g/mol. The van der Waals surface area contributed by atoms with Gasteiger partial charge in [-0.05, 0) is 43.7 Å². The van der Waals surface area contributed by atoms with Crippen LogP contribution in [0.1, 0.15) is 50.5 Å². The van der Waals surface area contributed by atoms with Crippen LogP contribution in [0, 0.1) is 5.41 Å². The van der Waals surface area contributed by atoms with Crippen molar-refractivity contribution in [2.75, 3.05) is 11.9 Å². The lowest BCUT2D eigenvalue weighted by atomic mass is 9.92. The molecule has 1 heterocycles. The number of hydrogen-bond donors (Lipinski definition) is 2. The van der Waals surface area contributed by atoms with E-state index in [0.717, 1.165) is 25.8 Å². The molecule has 2 N–H and O–H groups in total. The minimum absolute atomic E-state index is 0.127. The van der Waals surface area contributed by atoms with E-state index in [4.69, 9.17) is 0 Å². The van der Waals surface area contributed by atoms with Crippen LogP contribution in [0.25, 0.3) is 0 Å². The molecule has 1 aromatic heterocycles. The number of nitrogens with one attached hydrogen (secondary N) is 2. The van der Waals surface area contributed by atoms with Gasteiger partial charge < -0.3 is 10.6 Å². The van der Waals surface area contributed by atoms with E-state index >= 15 is 0 Å². The van der Waals surface area contributed by atoms with Gasteiger partial charge >= 0.3 is 0 Å². The highest BCUT2D eigenvalue weighted by Gasteiger charge is 2.31. The maximum Gasteiger partial charge on any atom is 0.272 e. The predicted molar refractivity (Wildman–Crippen MR) is 75.1 cm³/mol. The summed E-state index contributed by atoms with van der Waals surface area (Å²) in [6.07, 6.45) is 3.23. The van der Waals surface area contributed by atoms with Gasteiger partial charge in [0.25, 0.3) is 5.91 Å². The Morgan fingerprint density at radius 3 is 2.74 bits per heavy atom. The molecule has 5 nitrogen and oxygen atoms in total. The highest BCUT2D eigenvalue weighted by atomic mass is 16.2. The molecule has 1 amide bonds. The number of carbonyl (C=O) groups excluding carboxylic acids is 1. The summed E-state index contributed by atoms with van der Waals surface area (Å²) in [6.45, 7) is 7.26. The van der Waals surface area contributed by atoms with Gasteiger partial charge in [0.1, 0.15) is 5.82 Å². The average molecular weight is 262 g/mol. The van der Waals surface area contributed by atoms with Crippen molar-refractivity contribution in [2.24, 2.45) is 5.41 Å². The number of rotatable bonds is 4. The van der Waals surface area contributed by atoms with Crippen LogP contribution >= 0.6 is 0 Å². The molecule has 1 unspecified atom stereocenters. The van der Waals surface area contributed by atoms with Gasteiger partial charge in [-0.2, -0.15) is 0 Å². The van der Waals surface area contributed by atoms with E-state index in [1.165, 1.54) is 0 Å². The number of hydrogen-bond acceptors (Lipinski definition) is 4. The summed E-state index contributed by atoms with van der Waals surface area (Å²) >= 11 is 0. The first-order valence-electron chi connectivity index (χ1n) is 6.88. The Balaban J connectivity index is 1.93. The lowest BCUT2D eigenvalue weighted by molar-refractivity contribution is 0.0930. The van der Waals surface area contributed by atoms with Crippen LogP contribution in [-0.4, -0.2) is 28.7 Å². The predicted octanol–water partition coefficient (Wildman–Crippen LogP) is 2.22. The average Bonchev–Trinajstić information content (AvgIpc) is 2.70. The number of amides is 1. The summed E-state index contributed by atoms with van der Waals surface area (Å²) < 4.78 is 0. The van der Waals surface area contributed by atoms with Gasteiger partial charge in [0.2, 0.25) is 0 Å². The molecular weight excluding hydrogens is 240 g/mol. The van der Waals surface area contributed by atoms with Crippen LogP contribution in [-0.2, 0) is 0 Å². The molecule has 19 heavy (non-hydrogen) atoms. The molecule has 1 atom stereocenters. The molecule has 0 saturated heterocycles. The SMILES string of the molecule is CCNc1ccc(C(=O)NC2CCC(C)(C)C2)nn1. The highest BCUT2D eigenvalue weighted by Crippen LogP contribution is 2.36. The third-order valence-corrected chi connectivity index (χ3v) is 3.56. The molecule has 0 spiro atoms. The molecule has 0 aromatic carbocycles. The normalized spacial score (nSPS) is 21.1. The van der Waals surface area contributed by atoms with Crippen LogP contribution in [0.15, 0.2) is 12.1 Å². The number of nitrogens with zero attached hydrogens (tertiary/aromatic N) is 2. The van der Waals surface area contributed by atoms with E-state index in [2.05, 4.69) is 34.7 Å². The van der Waals surface area contributed by atoms with Gasteiger partial charge in [0.05, 0.1) is 0 Å². The van der Waals surface area contributed by atoms with Crippen LogP contribution in [0.2, 0.25) is 0 Å². The van der Waals surface area contributed by atoms with Crippen LogP contribution < -0.4 is 10.6 Å². The second-order valence-corrected chi connectivity index (χ2v) is 5.91. The van der Waals surface area contributed by atoms with Crippen molar-refractivity contribution in [2.45, 2.75) is 46.1 Å². The Morgan fingerprint density at radius 1 is 1.42 bits per heavy atom. The Bertz CT molecular complexity index is 441. The third kappa shape index (κ3) is 3.66. The van der Waals surface area contributed by atoms with Crippen molar-refractivity contribution in [3.63, 3.8) is 0 Å². The van der Waals surface area contributed by atoms with E-state index in [1.54, 1.807) is 12.1 Å². The molecule has 5 heteroatoms. The van der Waals surface area contributed by atoms with E-state index in [0.29, 0.717) is 16.9 Å². The summed E-state index contributed by atoms with van der Waals surface area (Å²) in [5.74, 6) is 0.569. The molecule has 0 radical (unpaired) electrons. The fraction of sp³-hybridized carbons (Fsp3) is 0.643. The summed E-state index contributed by atoms with van der Waals surface area (Å²) in [4.78, 5) is 12.0. The fourth-order valence-corrected chi connectivity index (χ4v) is 2.55. The number of aromatic nitrogens is 2. The highest BCUT2D eigenvalue weighted by molar-refractivity contribution is 5.92. The lowest BCUT2D eigenvalue weighted by Gasteiger charge is -2.17. The van der Waals surface area contributed by atoms with E-state index in [1.807, 2.05) is 6.92 Å².